The molecule has 1 atom stereocenters. The summed E-state index contributed by atoms with van der Waals surface area (Å²) in [7, 11) is 1.31. The molecule has 6 heteroatoms. The van der Waals surface area contributed by atoms with Gasteiger partial charge < -0.3 is 15.8 Å². The zero-order valence-corrected chi connectivity index (χ0v) is 18.1. The lowest BCUT2D eigenvalue weighted by Gasteiger charge is -2.17. The number of halogens is 1. The molecule has 0 radical (unpaired) electrons. The van der Waals surface area contributed by atoms with Crippen LogP contribution in [0.15, 0.2) is 72.8 Å². The summed E-state index contributed by atoms with van der Waals surface area (Å²) in [6.45, 7) is 0. The SMILES string of the molecule is COC(=O)[C@H](Cc1ccc(-c2ccccc2)cc1)NC(=O)c1cc(I)ccc1N. The number of ether oxygens (including phenoxy) is 1. The van der Waals surface area contributed by atoms with Crippen molar-refractivity contribution in [1.82, 2.24) is 5.32 Å². The third-order valence-electron chi connectivity index (χ3n) is 4.55. The minimum atomic E-state index is -0.813. The van der Waals surface area contributed by atoms with Gasteiger partial charge in [-0.2, -0.15) is 0 Å². The second kappa shape index (κ2) is 9.56. The first-order chi connectivity index (χ1) is 14.0. The van der Waals surface area contributed by atoms with E-state index in [0.717, 1.165) is 20.3 Å². The Labute approximate surface area is 183 Å². The molecule has 3 aromatic rings. The number of nitrogen functional groups attached to an aromatic ring is 1. The van der Waals surface area contributed by atoms with Gasteiger partial charge in [0.05, 0.1) is 12.7 Å². The zero-order chi connectivity index (χ0) is 20.8. The normalized spacial score (nSPS) is 11.5. The van der Waals surface area contributed by atoms with Crippen molar-refractivity contribution in [1.29, 1.82) is 0 Å². The van der Waals surface area contributed by atoms with Gasteiger partial charge in [0.2, 0.25) is 0 Å². The molecule has 0 heterocycles. The number of anilines is 1. The topological polar surface area (TPSA) is 81.4 Å². The Morgan fingerprint density at radius 1 is 1.00 bits per heavy atom. The zero-order valence-electron chi connectivity index (χ0n) is 15.9. The molecule has 0 aliphatic carbocycles. The number of benzene rings is 3. The number of hydrogen-bond donors (Lipinski definition) is 2. The summed E-state index contributed by atoms with van der Waals surface area (Å²) in [4.78, 5) is 24.9. The van der Waals surface area contributed by atoms with Crippen molar-refractivity contribution < 1.29 is 14.3 Å². The molecule has 0 unspecified atom stereocenters. The highest BCUT2D eigenvalue weighted by atomic mass is 127. The quantitative estimate of drug-likeness (QED) is 0.304. The van der Waals surface area contributed by atoms with E-state index in [9.17, 15) is 9.59 Å². The second-order valence-corrected chi connectivity index (χ2v) is 7.79. The van der Waals surface area contributed by atoms with Crippen molar-refractivity contribution in [3.63, 3.8) is 0 Å². The van der Waals surface area contributed by atoms with Crippen molar-refractivity contribution >= 4 is 40.2 Å². The number of hydrogen-bond acceptors (Lipinski definition) is 4. The van der Waals surface area contributed by atoms with Crippen LogP contribution in [0.2, 0.25) is 0 Å². The van der Waals surface area contributed by atoms with Crippen LogP contribution in [-0.4, -0.2) is 25.0 Å². The van der Waals surface area contributed by atoms with Gasteiger partial charge in [0.25, 0.3) is 5.91 Å². The van der Waals surface area contributed by atoms with E-state index in [-0.39, 0.29) is 0 Å². The Kier molecular flexibility index (Phi) is 6.87. The summed E-state index contributed by atoms with van der Waals surface area (Å²) in [6, 6.07) is 22.3. The van der Waals surface area contributed by atoms with Gasteiger partial charge in [-0.15, -0.1) is 0 Å². The predicted octanol–water partition coefficient (Wildman–Crippen LogP) is 4.05. The first kappa shape index (κ1) is 20.9. The number of carbonyl (C=O) groups is 2. The van der Waals surface area contributed by atoms with E-state index in [1.807, 2.05) is 60.7 Å². The van der Waals surface area contributed by atoms with Crippen molar-refractivity contribution in [3.05, 3.63) is 87.5 Å². The van der Waals surface area contributed by atoms with Gasteiger partial charge in [0.1, 0.15) is 6.04 Å². The fourth-order valence-corrected chi connectivity index (χ4v) is 3.49. The van der Waals surface area contributed by atoms with Crippen molar-refractivity contribution in [2.24, 2.45) is 0 Å². The molecule has 0 aromatic heterocycles. The van der Waals surface area contributed by atoms with Crippen molar-refractivity contribution in [2.75, 3.05) is 12.8 Å². The first-order valence-corrected chi connectivity index (χ1v) is 10.1. The molecular formula is C23H21IN2O3. The lowest BCUT2D eigenvalue weighted by atomic mass is 10.0. The first-order valence-electron chi connectivity index (χ1n) is 9.06. The maximum Gasteiger partial charge on any atom is 0.328 e. The number of amides is 1. The monoisotopic (exact) mass is 500 g/mol. The van der Waals surface area contributed by atoms with Gasteiger partial charge >= 0.3 is 5.97 Å². The second-order valence-electron chi connectivity index (χ2n) is 6.55. The Morgan fingerprint density at radius 3 is 2.31 bits per heavy atom. The summed E-state index contributed by atoms with van der Waals surface area (Å²) in [5.41, 5.74) is 9.73. The van der Waals surface area contributed by atoms with Gasteiger partial charge in [0, 0.05) is 15.7 Å². The average molecular weight is 500 g/mol. The number of rotatable bonds is 6. The molecule has 0 saturated carbocycles. The molecule has 0 aliphatic heterocycles. The largest absolute Gasteiger partial charge is 0.467 e. The third-order valence-corrected chi connectivity index (χ3v) is 5.22. The molecule has 29 heavy (non-hydrogen) atoms. The summed E-state index contributed by atoms with van der Waals surface area (Å²) in [5.74, 6) is -0.910. The Balaban J connectivity index is 1.76. The van der Waals surface area contributed by atoms with Crippen LogP contribution in [0, 0.1) is 3.57 Å². The molecule has 3 rings (SSSR count). The van der Waals surface area contributed by atoms with E-state index >= 15 is 0 Å². The van der Waals surface area contributed by atoms with Crippen LogP contribution in [0.4, 0.5) is 5.69 Å². The van der Waals surface area contributed by atoms with Crippen LogP contribution in [0.5, 0.6) is 0 Å². The smallest absolute Gasteiger partial charge is 0.328 e. The van der Waals surface area contributed by atoms with Gasteiger partial charge in [-0.05, 0) is 57.5 Å². The van der Waals surface area contributed by atoms with Crippen LogP contribution < -0.4 is 11.1 Å². The van der Waals surface area contributed by atoms with Crippen LogP contribution in [0.25, 0.3) is 11.1 Å². The Hall–Kier alpha value is -2.87. The minimum absolute atomic E-state index is 0.317. The van der Waals surface area contributed by atoms with Crippen LogP contribution >= 0.6 is 22.6 Å². The number of nitrogens with one attached hydrogen (secondary N) is 1. The molecule has 148 valence electrons. The molecule has 3 aromatic carbocycles. The fraction of sp³-hybridized carbons (Fsp3) is 0.130. The van der Waals surface area contributed by atoms with Crippen LogP contribution in [0.3, 0.4) is 0 Å². The van der Waals surface area contributed by atoms with E-state index in [4.69, 9.17) is 10.5 Å². The molecule has 0 spiro atoms. The molecule has 0 fully saturated rings. The van der Waals surface area contributed by atoms with Crippen molar-refractivity contribution in [2.45, 2.75) is 12.5 Å². The molecule has 5 nitrogen and oxygen atoms in total. The highest BCUT2D eigenvalue weighted by Crippen LogP contribution is 2.20. The summed E-state index contributed by atoms with van der Waals surface area (Å²) >= 11 is 2.11. The highest BCUT2D eigenvalue weighted by Gasteiger charge is 2.23. The molecular weight excluding hydrogens is 479 g/mol. The van der Waals surface area contributed by atoms with Crippen LogP contribution in [0.1, 0.15) is 15.9 Å². The van der Waals surface area contributed by atoms with E-state index in [1.54, 1.807) is 12.1 Å². The lowest BCUT2D eigenvalue weighted by molar-refractivity contribution is -0.142. The van der Waals surface area contributed by atoms with E-state index < -0.39 is 17.9 Å². The van der Waals surface area contributed by atoms with Gasteiger partial charge in [-0.1, -0.05) is 54.6 Å². The van der Waals surface area contributed by atoms with Crippen molar-refractivity contribution in [3.8, 4) is 11.1 Å². The Morgan fingerprint density at radius 2 is 1.66 bits per heavy atom. The number of methoxy groups -OCH3 is 1. The minimum Gasteiger partial charge on any atom is -0.467 e. The molecule has 3 N–H and O–H groups in total. The maximum atomic E-state index is 12.7. The highest BCUT2D eigenvalue weighted by molar-refractivity contribution is 14.1. The number of carbonyl (C=O) groups excluding carboxylic acids is 2. The van der Waals surface area contributed by atoms with Gasteiger partial charge in [-0.25, -0.2) is 4.79 Å². The van der Waals surface area contributed by atoms with E-state index in [0.29, 0.717) is 17.7 Å². The van der Waals surface area contributed by atoms with Crippen LogP contribution in [-0.2, 0) is 16.0 Å². The molecule has 1 amide bonds. The Bertz CT molecular complexity index is 1000. The number of nitrogens with two attached hydrogens (primary N) is 1. The van der Waals surface area contributed by atoms with Gasteiger partial charge in [0.15, 0.2) is 0 Å². The molecule has 0 bridgehead atoms. The maximum absolute atomic E-state index is 12.7. The predicted molar refractivity (Wildman–Crippen MR) is 122 cm³/mol. The van der Waals surface area contributed by atoms with Gasteiger partial charge in [-0.3, -0.25) is 4.79 Å². The molecule has 0 aliphatic rings. The summed E-state index contributed by atoms with van der Waals surface area (Å²) in [6.07, 6.45) is 0.317. The van der Waals surface area contributed by atoms with E-state index in [2.05, 4.69) is 27.9 Å². The summed E-state index contributed by atoms with van der Waals surface area (Å²) in [5, 5.41) is 2.75. The van der Waals surface area contributed by atoms with E-state index in [1.165, 1.54) is 7.11 Å². The average Bonchev–Trinajstić information content (AvgIpc) is 2.75. The fourth-order valence-electron chi connectivity index (χ4n) is 3.00. The molecule has 0 saturated heterocycles. The third kappa shape index (κ3) is 5.35. The number of esters is 1. The summed E-state index contributed by atoms with van der Waals surface area (Å²) < 4.78 is 5.76. The lowest BCUT2D eigenvalue weighted by Crippen LogP contribution is -2.43. The standard InChI is InChI=1S/C23H21IN2O3/c1-29-23(28)21(26-22(27)19-14-18(24)11-12-20(19)25)13-15-7-9-17(10-8-15)16-5-3-2-4-6-16/h2-12,14,21H,13,25H2,1H3,(H,26,27)/t21-/m0/s1.